The first-order chi connectivity index (χ1) is 21.3. The van der Waals surface area contributed by atoms with Crippen LogP contribution in [0.5, 0.6) is 5.75 Å². The molecule has 240 valence electrons. The van der Waals surface area contributed by atoms with Gasteiger partial charge in [0.15, 0.2) is 9.84 Å². The number of benzene rings is 2. The van der Waals surface area contributed by atoms with Crippen molar-refractivity contribution in [1.82, 2.24) is 10.3 Å². The molecule has 45 heavy (non-hydrogen) atoms. The Morgan fingerprint density at radius 1 is 1.11 bits per heavy atom. The lowest BCUT2D eigenvalue weighted by Crippen LogP contribution is -2.34. The molecule has 1 aromatic heterocycles. The highest BCUT2D eigenvalue weighted by atomic mass is 32.2. The molecular formula is C30H29F5N4O5S. The number of nitrogens with one attached hydrogen (secondary N) is 1. The summed E-state index contributed by atoms with van der Waals surface area (Å²) in [6, 6.07) is 14.8. The van der Waals surface area contributed by atoms with Gasteiger partial charge in [0.25, 0.3) is 5.91 Å². The first kappa shape index (κ1) is 33.6. The molecule has 9 nitrogen and oxygen atoms in total. The Hall–Kier alpha value is -4.29. The molecule has 1 fully saturated rings. The molecule has 1 aliphatic rings. The summed E-state index contributed by atoms with van der Waals surface area (Å²) in [6.07, 6.45) is -4.08. The first-order valence-electron chi connectivity index (χ1n) is 13.8. The van der Waals surface area contributed by atoms with Gasteiger partial charge < -0.3 is 19.7 Å². The van der Waals surface area contributed by atoms with Crippen molar-refractivity contribution in [2.75, 3.05) is 23.8 Å². The molecule has 0 saturated carbocycles. The smallest absolute Gasteiger partial charge is 0.433 e. The highest BCUT2D eigenvalue weighted by Crippen LogP contribution is 2.31. The molecule has 3 aromatic rings. The second kappa shape index (κ2) is 14.2. The molecule has 1 aliphatic heterocycles. The van der Waals surface area contributed by atoms with Crippen LogP contribution >= 0.6 is 0 Å². The second-order valence-corrected chi connectivity index (χ2v) is 12.4. The number of pyridine rings is 1. The number of nitrogens with zero attached hydrogens (tertiary/aromatic N) is 3. The van der Waals surface area contributed by atoms with E-state index in [0.717, 1.165) is 18.3 Å². The Labute approximate surface area is 256 Å². The van der Waals surface area contributed by atoms with Crippen molar-refractivity contribution in [2.24, 2.45) is 0 Å². The van der Waals surface area contributed by atoms with Gasteiger partial charge in [-0.1, -0.05) is 19.1 Å². The number of anilines is 1. The minimum absolute atomic E-state index is 0.0670. The SMILES string of the molecule is CCS(=O)(=O)c1ccc([C@H](CC#N)NC(=O)c2ccc(N3C[C@H](Oc4ccc(C(F)(F)F)nc4)C[C@H]3COC(F)F)cc2)cc1. The van der Waals surface area contributed by atoms with E-state index >= 15 is 0 Å². The number of halogens is 5. The minimum atomic E-state index is -4.61. The van der Waals surface area contributed by atoms with Crippen LogP contribution < -0.4 is 15.0 Å². The summed E-state index contributed by atoms with van der Waals surface area (Å²) in [4.78, 5) is 18.3. The molecule has 0 bridgehead atoms. The van der Waals surface area contributed by atoms with E-state index in [1.54, 1.807) is 29.2 Å². The van der Waals surface area contributed by atoms with Crippen molar-refractivity contribution in [3.05, 3.63) is 83.7 Å². The van der Waals surface area contributed by atoms with Gasteiger partial charge in [-0.3, -0.25) is 4.79 Å². The van der Waals surface area contributed by atoms with Gasteiger partial charge in [0, 0.05) is 17.7 Å². The largest absolute Gasteiger partial charge is 0.487 e. The monoisotopic (exact) mass is 652 g/mol. The number of ether oxygens (including phenoxy) is 2. The van der Waals surface area contributed by atoms with E-state index in [1.165, 1.54) is 31.2 Å². The number of aromatic nitrogens is 1. The average molecular weight is 653 g/mol. The average Bonchev–Trinajstić information content (AvgIpc) is 3.42. The fourth-order valence-corrected chi connectivity index (χ4v) is 5.77. The molecule has 2 aromatic carbocycles. The molecular weight excluding hydrogens is 623 g/mol. The predicted octanol–water partition coefficient (Wildman–Crippen LogP) is 5.54. The number of alkyl halides is 5. The number of carbonyl (C=O) groups excluding carboxylic acids is 1. The van der Waals surface area contributed by atoms with Crippen LogP contribution in [-0.4, -0.2) is 57.0 Å². The molecule has 1 saturated heterocycles. The Morgan fingerprint density at radius 3 is 2.36 bits per heavy atom. The van der Waals surface area contributed by atoms with Crippen molar-refractivity contribution in [1.29, 1.82) is 5.26 Å². The maximum absolute atomic E-state index is 13.1. The van der Waals surface area contributed by atoms with Crippen molar-refractivity contribution in [3.63, 3.8) is 0 Å². The third-order valence-electron chi connectivity index (χ3n) is 7.20. The number of carbonyl (C=O) groups is 1. The van der Waals surface area contributed by atoms with E-state index < -0.39 is 52.4 Å². The molecule has 3 atom stereocenters. The summed E-state index contributed by atoms with van der Waals surface area (Å²) in [5.74, 6) is -0.478. The van der Waals surface area contributed by atoms with Crippen LogP contribution in [0.3, 0.4) is 0 Å². The summed E-state index contributed by atoms with van der Waals surface area (Å²) < 4.78 is 98.8. The van der Waals surface area contributed by atoms with E-state index in [1.807, 2.05) is 6.07 Å². The number of rotatable bonds is 12. The van der Waals surface area contributed by atoms with Crippen LogP contribution in [0.25, 0.3) is 0 Å². The van der Waals surface area contributed by atoms with Crippen LogP contribution in [0.15, 0.2) is 71.8 Å². The van der Waals surface area contributed by atoms with E-state index in [-0.39, 0.29) is 48.0 Å². The maximum atomic E-state index is 13.1. The van der Waals surface area contributed by atoms with E-state index in [0.29, 0.717) is 11.3 Å². The third kappa shape index (κ3) is 8.67. The van der Waals surface area contributed by atoms with Gasteiger partial charge in [-0.15, -0.1) is 0 Å². The van der Waals surface area contributed by atoms with E-state index in [9.17, 15) is 40.4 Å². The Morgan fingerprint density at radius 2 is 1.80 bits per heavy atom. The highest BCUT2D eigenvalue weighted by molar-refractivity contribution is 7.91. The zero-order valence-electron chi connectivity index (χ0n) is 23.9. The number of amides is 1. The van der Waals surface area contributed by atoms with Gasteiger partial charge in [0.1, 0.15) is 17.5 Å². The number of hydrogen-bond acceptors (Lipinski definition) is 8. The van der Waals surface area contributed by atoms with Gasteiger partial charge in [0.2, 0.25) is 0 Å². The van der Waals surface area contributed by atoms with Gasteiger partial charge in [-0.2, -0.15) is 27.2 Å². The summed E-state index contributed by atoms with van der Waals surface area (Å²) in [6.45, 7) is -1.64. The molecule has 1 amide bonds. The van der Waals surface area contributed by atoms with Crippen LogP contribution in [-0.2, 0) is 20.8 Å². The topological polar surface area (TPSA) is 122 Å². The Balaban J connectivity index is 1.46. The molecule has 0 unspecified atom stereocenters. The molecule has 15 heteroatoms. The fraction of sp³-hybridized carbons (Fsp3) is 0.367. The van der Waals surface area contributed by atoms with Crippen LogP contribution in [0.1, 0.15) is 47.4 Å². The maximum Gasteiger partial charge on any atom is 0.433 e. The molecule has 4 rings (SSSR count). The Kier molecular flexibility index (Phi) is 10.6. The van der Waals surface area contributed by atoms with Crippen molar-refractivity contribution in [3.8, 4) is 11.8 Å². The molecule has 0 radical (unpaired) electrons. The first-order valence-corrected chi connectivity index (χ1v) is 15.4. The van der Waals surface area contributed by atoms with Crippen molar-refractivity contribution >= 4 is 21.4 Å². The van der Waals surface area contributed by atoms with Crippen LogP contribution in [0.4, 0.5) is 27.6 Å². The zero-order valence-corrected chi connectivity index (χ0v) is 24.7. The lowest BCUT2D eigenvalue weighted by molar-refractivity contribution is -0.141. The Bertz CT molecular complexity index is 1600. The summed E-state index contributed by atoms with van der Waals surface area (Å²) in [7, 11) is -3.42. The van der Waals surface area contributed by atoms with Crippen molar-refractivity contribution in [2.45, 2.75) is 55.6 Å². The second-order valence-electron chi connectivity index (χ2n) is 10.2. The molecule has 0 spiro atoms. The number of hydrogen-bond donors (Lipinski definition) is 1. The van der Waals surface area contributed by atoms with Gasteiger partial charge in [-0.05, 0) is 54.1 Å². The summed E-state index contributed by atoms with van der Waals surface area (Å²) in [5, 5.41) is 12.1. The molecule has 0 aliphatic carbocycles. The van der Waals surface area contributed by atoms with Crippen LogP contribution in [0, 0.1) is 11.3 Å². The third-order valence-corrected chi connectivity index (χ3v) is 8.95. The predicted molar refractivity (Wildman–Crippen MR) is 152 cm³/mol. The number of sulfone groups is 1. The van der Waals surface area contributed by atoms with Gasteiger partial charge in [-0.25, -0.2) is 13.4 Å². The normalized spacial score (nSPS) is 17.6. The fourth-order valence-electron chi connectivity index (χ4n) is 4.89. The molecule has 2 heterocycles. The lowest BCUT2D eigenvalue weighted by Gasteiger charge is -2.26. The van der Waals surface area contributed by atoms with E-state index in [4.69, 9.17) is 4.74 Å². The lowest BCUT2D eigenvalue weighted by atomic mass is 10.0. The number of nitriles is 1. The van der Waals surface area contributed by atoms with E-state index in [2.05, 4.69) is 15.0 Å². The van der Waals surface area contributed by atoms with Crippen molar-refractivity contribution < 1.29 is 44.6 Å². The van der Waals surface area contributed by atoms with Gasteiger partial charge in [0.05, 0.1) is 54.6 Å². The highest BCUT2D eigenvalue weighted by Gasteiger charge is 2.35. The van der Waals surface area contributed by atoms with Gasteiger partial charge >= 0.3 is 12.8 Å². The standard InChI is InChI=1S/C30H29F5N4O5S/c1-2-45(41,42)25-10-5-19(6-11-25)26(13-14-36)38-28(40)20-3-7-21(8-4-20)39-17-24(15-22(39)18-43-29(31)32)44-23-9-12-27(37-16-23)30(33,34)35/h3-12,16,22,24,26,29H,2,13,15,17-18H2,1H3,(H,38,40)/t22-,24+,26-/m0/s1. The summed E-state index contributed by atoms with van der Waals surface area (Å²) >= 11 is 0. The minimum Gasteiger partial charge on any atom is -0.487 e. The quantitative estimate of drug-likeness (QED) is 0.253. The zero-order chi connectivity index (χ0) is 32.8. The molecule has 1 N–H and O–H groups in total. The van der Waals surface area contributed by atoms with Crippen LogP contribution in [0.2, 0.25) is 0 Å². The summed E-state index contributed by atoms with van der Waals surface area (Å²) in [5.41, 5.74) is 0.279.